The molecule has 0 saturated carbocycles. The SMILES string of the molecule is CCCCCC/C=C\C=C/CCCCCCCC(=O)O[C@H](COC(=O)CCCCCCC)COP(=O)(O)OC[C@H](O)COP(=O)(O)OC[C@@H](COC(=O)CCCCCCCCCCCCCCCCC(C)C)OC(=O)CCCCCCCCCCCCCCCCCCCC. The van der Waals surface area contributed by atoms with Crippen LogP contribution in [0.2, 0.25) is 0 Å². The van der Waals surface area contributed by atoms with E-state index in [1.807, 2.05) is 0 Å². The molecule has 0 rings (SSSR count). The summed E-state index contributed by atoms with van der Waals surface area (Å²) in [7, 11) is -9.91. The molecule has 0 aliphatic heterocycles. The van der Waals surface area contributed by atoms with Crippen molar-refractivity contribution >= 4 is 39.5 Å². The van der Waals surface area contributed by atoms with Gasteiger partial charge in [0.1, 0.15) is 19.3 Å². The monoisotopic (exact) mass is 1390 g/mol. The van der Waals surface area contributed by atoms with Gasteiger partial charge in [0, 0.05) is 25.7 Å². The molecule has 0 aromatic rings. The predicted molar refractivity (Wildman–Crippen MR) is 386 cm³/mol. The van der Waals surface area contributed by atoms with Crippen LogP contribution in [-0.4, -0.2) is 96.7 Å². The number of carbonyl (C=O) groups excluding carboxylic acids is 4. The number of unbranched alkanes of at least 4 members (excludes halogenated alkanes) is 43. The summed E-state index contributed by atoms with van der Waals surface area (Å²) in [5.74, 6) is -1.36. The highest BCUT2D eigenvalue weighted by molar-refractivity contribution is 7.47. The predicted octanol–water partition coefficient (Wildman–Crippen LogP) is 22.0. The van der Waals surface area contributed by atoms with Gasteiger partial charge in [0.25, 0.3) is 0 Å². The Morgan fingerprint density at radius 1 is 0.326 bits per heavy atom. The zero-order valence-corrected chi connectivity index (χ0v) is 63.1. The summed E-state index contributed by atoms with van der Waals surface area (Å²) in [6.45, 7) is 7.16. The Hall–Kier alpha value is -2.46. The largest absolute Gasteiger partial charge is 0.472 e. The summed E-state index contributed by atoms with van der Waals surface area (Å²) in [5, 5.41) is 10.6. The average molecular weight is 1390 g/mol. The Labute approximate surface area is 580 Å². The molecule has 0 amide bonds. The molecule has 17 nitrogen and oxygen atoms in total. The van der Waals surface area contributed by atoms with Crippen LogP contribution in [0.15, 0.2) is 24.3 Å². The molecule has 3 N–H and O–H groups in total. The number of ether oxygens (including phenoxy) is 4. The van der Waals surface area contributed by atoms with E-state index in [1.54, 1.807) is 0 Å². The van der Waals surface area contributed by atoms with E-state index >= 15 is 0 Å². The first kappa shape index (κ1) is 92.5. The lowest BCUT2D eigenvalue weighted by molar-refractivity contribution is -0.161. The Bertz CT molecular complexity index is 1920. The second-order valence-corrected chi connectivity index (χ2v) is 30.1. The van der Waals surface area contributed by atoms with Crippen LogP contribution in [0.5, 0.6) is 0 Å². The number of hydrogen-bond acceptors (Lipinski definition) is 15. The van der Waals surface area contributed by atoms with Crippen molar-refractivity contribution in [2.75, 3.05) is 39.6 Å². The minimum atomic E-state index is -4.96. The van der Waals surface area contributed by atoms with Crippen LogP contribution >= 0.6 is 15.6 Å². The lowest BCUT2D eigenvalue weighted by Crippen LogP contribution is -2.30. The zero-order valence-electron chi connectivity index (χ0n) is 61.3. The van der Waals surface area contributed by atoms with Gasteiger partial charge >= 0.3 is 39.5 Å². The molecule has 0 saturated heterocycles. The van der Waals surface area contributed by atoms with Crippen molar-refractivity contribution in [2.45, 2.75) is 393 Å². The second kappa shape index (κ2) is 68.7. The second-order valence-electron chi connectivity index (χ2n) is 27.2. The normalized spacial score (nSPS) is 14.1. The van der Waals surface area contributed by atoms with E-state index < -0.39 is 97.5 Å². The highest BCUT2D eigenvalue weighted by Crippen LogP contribution is 2.45. The maximum Gasteiger partial charge on any atom is 0.472 e. The Kier molecular flexibility index (Phi) is 66.9. The fourth-order valence-corrected chi connectivity index (χ4v) is 12.7. The minimum Gasteiger partial charge on any atom is -0.462 e. The topological polar surface area (TPSA) is 237 Å². The molecule has 0 aromatic carbocycles. The highest BCUT2D eigenvalue weighted by Gasteiger charge is 2.30. The average Bonchev–Trinajstić information content (AvgIpc) is 2.46. The van der Waals surface area contributed by atoms with Gasteiger partial charge in [-0.1, -0.05) is 322 Å². The summed E-state index contributed by atoms with van der Waals surface area (Å²) in [5.41, 5.74) is 0. The van der Waals surface area contributed by atoms with Gasteiger partial charge in [0.15, 0.2) is 12.2 Å². The lowest BCUT2D eigenvalue weighted by Gasteiger charge is -2.21. The molecule has 0 bridgehead atoms. The van der Waals surface area contributed by atoms with Gasteiger partial charge in [-0.25, -0.2) is 9.13 Å². The first-order chi connectivity index (χ1) is 46.0. The van der Waals surface area contributed by atoms with Crippen molar-refractivity contribution in [3.63, 3.8) is 0 Å². The number of carbonyl (C=O) groups is 4. The summed E-state index contributed by atoms with van der Waals surface area (Å²) >= 11 is 0. The van der Waals surface area contributed by atoms with Crippen molar-refractivity contribution in [1.29, 1.82) is 0 Å². The summed E-state index contributed by atoms with van der Waals surface area (Å²) in [6, 6.07) is 0. The highest BCUT2D eigenvalue weighted by atomic mass is 31.2. The molecule has 560 valence electrons. The van der Waals surface area contributed by atoms with Gasteiger partial charge < -0.3 is 33.8 Å². The van der Waals surface area contributed by atoms with E-state index in [2.05, 4.69) is 58.9 Å². The molecule has 0 spiro atoms. The first-order valence-corrected chi connectivity index (χ1v) is 41.9. The quantitative estimate of drug-likeness (QED) is 0.0169. The molecule has 95 heavy (non-hydrogen) atoms. The number of allylic oxidation sites excluding steroid dienone is 4. The van der Waals surface area contributed by atoms with E-state index in [0.29, 0.717) is 25.7 Å². The lowest BCUT2D eigenvalue weighted by atomic mass is 10.0. The van der Waals surface area contributed by atoms with Crippen molar-refractivity contribution in [3.8, 4) is 0 Å². The van der Waals surface area contributed by atoms with Gasteiger partial charge in [0.05, 0.1) is 26.4 Å². The molecule has 0 aromatic heterocycles. The molecule has 5 atom stereocenters. The van der Waals surface area contributed by atoms with E-state index in [1.165, 1.54) is 180 Å². The van der Waals surface area contributed by atoms with E-state index in [9.17, 15) is 43.2 Å². The zero-order chi connectivity index (χ0) is 69.8. The van der Waals surface area contributed by atoms with Crippen molar-refractivity contribution in [2.24, 2.45) is 5.92 Å². The van der Waals surface area contributed by atoms with E-state index in [0.717, 1.165) is 115 Å². The number of aliphatic hydroxyl groups is 1. The molecular formula is C76H144O17P2. The van der Waals surface area contributed by atoms with Crippen LogP contribution in [0.3, 0.4) is 0 Å². The van der Waals surface area contributed by atoms with E-state index in [-0.39, 0.29) is 25.7 Å². The molecular weight excluding hydrogens is 1250 g/mol. The third-order valence-electron chi connectivity index (χ3n) is 17.2. The summed E-state index contributed by atoms with van der Waals surface area (Å²) in [6.07, 6.45) is 60.9. The molecule has 0 radical (unpaired) electrons. The van der Waals surface area contributed by atoms with Crippen LogP contribution < -0.4 is 0 Å². The Balaban J connectivity index is 5.17. The summed E-state index contributed by atoms with van der Waals surface area (Å²) in [4.78, 5) is 72.5. The van der Waals surface area contributed by atoms with Crippen LogP contribution in [0, 0.1) is 5.92 Å². The standard InChI is InChI=1S/C76H144O17P2/c1-6-9-12-15-17-19-21-23-25-26-27-29-35-39-43-47-52-57-62-76(81)93-72(66-87-74(79)60-55-50-45-41-37-33-31-30-32-36-40-44-49-53-58-69(4)5)68-91-95(84,85)89-64-70(77)63-88-94(82,83)90-67-71(65-86-73(78)59-54-48-14-11-8-3)92-75(80)61-56-51-46-42-38-34-28-24-22-20-18-16-13-10-7-2/h20,22,24,28,69-72,77H,6-19,21,23,25-27,29-68H2,1-5H3,(H,82,83)(H,84,85)/b22-20-,28-24-/t70-,71+,72+/m0/s1. The third kappa shape index (κ3) is 69.8. The minimum absolute atomic E-state index is 0.0844. The molecule has 0 fully saturated rings. The van der Waals surface area contributed by atoms with E-state index in [4.69, 9.17) is 37.0 Å². The van der Waals surface area contributed by atoms with Gasteiger partial charge in [-0.15, -0.1) is 0 Å². The number of rotatable bonds is 74. The van der Waals surface area contributed by atoms with Gasteiger partial charge in [-0.3, -0.25) is 37.3 Å². The Morgan fingerprint density at radius 2 is 0.568 bits per heavy atom. The van der Waals surface area contributed by atoms with Crippen LogP contribution in [-0.2, 0) is 65.4 Å². The number of phosphoric ester groups is 2. The van der Waals surface area contributed by atoms with Gasteiger partial charge in [0.2, 0.25) is 0 Å². The first-order valence-electron chi connectivity index (χ1n) is 39.0. The molecule has 0 heterocycles. The van der Waals surface area contributed by atoms with Crippen molar-refractivity contribution in [3.05, 3.63) is 24.3 Å². The summed E-state index contributed by atoms with van der Waals surface area (Å²) < 4.78 is 68.3. The van der Waals surface area contributed by atoms with Gasteiger partial charge in [-0.2, -0.15) is 0 Å². The maximum absolute atomic E-state index is 13.1. The van der Waals surface area contributed by atoms with Crippen LogP contribution in [0.1, 0.15) is 375 Å². The maximum atomic E-state index is 13.1. The smallest absolute Gasteiger partial charge is 0.462 e. The molecule has 0 aliphatic carbocycles. The molecule has 0 aliphatic rings. The van der Waals surface area contributed by atoms with Gasteiger partial charge in [-0.05, 0) is 57.3 Å². The number of hydrogen-bond donors (Lipinski definition) is 3. The number of aliphatic hydroxyl groups excluding tert-OH is 1. The van der Waals surface area contributed by atoms with Crippen molar-refractivity contribution < 1.29 is 80.2 Å². The number of esters is 4. The fraction of sp³-hybridized carbons (Fsp3) is 0.895. The Morgan fingerprint density at radius 3 is 0.863 bits per heavy atom. The molecule has 19 heteroatoms. The van der Waals surface area contributed by atoms with Crippen LogP contribution in [0.4, 0.5) is 0 Å². The fourth-order valence-electron chi connectivity index (χ4n) is 11.2. The van der Waals surface area contributed by atoms with Crippen LogP contribution in [0.25, 0.3) is 0 Å². The molecule has 2 unspecified atom stereocenters. The van der Waals surface area contributed by atoms with Crippen molar-refractivity contribution in [1.82, 2.24) is 0 Å². The third-order valence-corrected chi connectivity index (χ3v) is 19.1. The number of phosphoric acid groups is 2.